The first-order chi connectivity index (χ1) is 14.3. The van der Waals surface area contributed by atoms with Crippen LogP contribution in [-0.2, 0) is 4.74 Å². The average Bonchev–Trinajstić information content (AvgIpc) is 3.52. The van der Waals surface area contributed by atoms with E-state index in [4.69, 9.17) is 9.15 Å². The summed E-state index contributed by atoms with van der Waals surface area (Å²) >= 11 is 0. The molecule has 2 aromatic carbocycles. The largest absolute Gasteiger partial charge is 0.436 e. The molecular formula is C22H20N4O3. The normalized spacial score (nSPS) is 16.3. The second-order valence-corrected chi connectivity index (χ2v) is 7.05. The van der Waals surface area contributed by atoms with Gasteiger partial charge in [-0.15, -0.1) is 0 Å². The number of hydrogen-bond donors (Lipinski definition) is 1. The van der Waals surface area contributed by atoms with Gasteiger partial charge >= 0.3 is 0 Å². The maximum atomic E-state index is 12.3. The quantitative estimate of drug-likeness (QED) is 0.565. The Hall–Kier alpha value is -3.45. The van der Waals surface area contributed by atoms with Crippen LogP contribution in [0, 0.1) is 0 Å². The molecule has 7 nitrogen and oxygen atoms in total. The molecule has 1 N–H and O–H groups in total. The molecule has 146 valence electrons. The van der Waals surface area contributed by atoms with Gasteiger partial charge in [0.25, 0.3) is 5.91 Å². The Kier molecular flexibility index (Phi) is 4.57. The molecule has 0 spiro atoms. The number of carbonyl (C=O) groups is 1. The number of oxazole rings is 1. The van der Waals surface area contributed by atoms with Crippen LogP contribution in [0.4, 0.5) is 0 Å². The minimum Gasteiger partial charge on any atom is -0.436 e. The molecule has 1 amide bonds. The first-order valence-electron chi connectivity index (χ1n) is 9.67. The number of nitrogens with one attached hydrogen (secondary N) is 1. The predicted octanol–water partition coefficient (Wildman–Crippen LogP) is 3.59. The van der Waals surface area contributed by atoms with Gasteiger partial charge in [-0.1, -0.05) is 12.1 Å². The summed E-state index contributed by atoms with van der Waals surface area (Å²) in [6, 6.07) is 15.0. The third-order valence-corrected chi connectivity index (χ3v) is 5.03. The van der Waals surface area contributed by atoms with Crippen molar-refractivity contribution in [2.75, 3.05) is 13.2 Å². The van der Waals surface area contributed by atoms with E-state index in [-0.39, 0.29) is 12.0 Å². The maximum absolute atomic E-state index is 12.3. The molecule has 1 saturated heterocycles. The molecule has 29 heavy (non-hydrogen) atoms. The third kappa shape index (κ3) is 3.64. The fourth-order valence-electron chi connectivity index (χ4n) is 3.45. The van der Waals surface area contributed by atoms with Crippen molar-refractivity contribution in [2.45, 2.75) is 18.9 Å². The Labute approximate surface area is 167 Å². The number of hydrogen-bond acceptors (Lipinski definition) is 5. The molecule has 1 aliphatic heterocycles. The van der Waals surface area contributed by atoms with Gasteiger partial charge in [0, 0.05) is 24.9 Å². The summed E-state index contributed by atoms with van der Waals surface area (Å²) in [4.78, 5) is 16.8. The number of fused-ring (bicyclic) bond motifs is 1. The highest BCUT2D eigenvalue weighted by molar-refractivity contribution is 5.94. The smallest absolute Gasteiger partial charge is 0.251 e. The minimum absolute atomic E-state index is 0.0975. The van der Waals surface area contributed by atoms with Crippen LogP contribution in [0.2, 0.25) is 0 Å². The van der Waals surface area contributed by atoms with Gasteiger partial charge in [-0.05, 0) is 49.2 Å². The van der Waals surface area contributed by atoms with Gasteiger partial charge in [0.1, 0.15) is 5.52 Å². The molecule has 0 saturated carbocycles. The Bertz CT molecular complexity index is 1110. The fourth-order valence-corrected chi connectivity index (χ4v) is 3.45. The van der Waals surface area contributed by atoms with E-state index in [1.807, 2.05) is 42.6 Å². The molecule has 7 heteroatoms. The molecule has 1 aliphatic rings. The molecule has 0 bridgehead atoms. The van der Waals surface area contributed by atoms with Crippen LogP contribution < -0.4 is 5.32 Å². The molecule has 0 radical (unpaired) electrons. The highest BCUT2D eigenvalue weighted by atomic mass is 16.5. The Morgan fingerprint density at radius 1 is 1.17 bits per heavy atom. The first kappa shape index (κ1) is 17.6. The molecule has 1 atom stereocenters. The van der Waals surface area contributed by atoms with E-state index in [2.05, 4.69) is 15.4 Å². The summed E-state index contributed by atoms with van der Waals surface area (Å²) in [6.07, 6.45) is 5.77. The lowest BCUT2D eigenvalue weighted by Gasteiger charge is -2.11. The topological polar surface area (TPSA) is 82.2 Å². The molecule has 5 rings (SSSR count). The van der Waals surface area contributed by atoms with Crippen molar-refractivity contribution in [1.82, 2.24) is 20.1 Å². The van der Waals surface area contributed by atoms with Crippen molar-refractivity contribution in [3.05, 3.63) is 66.5 Å². The zero-order chi connectivity index (χ0) is 19.6. The monoisotopic (exact) mass is 388 g/mol. The van der Waals surface area contributed by atoms with Crippen LogP contribution in [0.25, 0.3) is 28.2 Å². The standard InChI is InChI=1S/C22H20N4O3/c27-21(23-13-18-4-3-11-28-18)15-7-9-17(10-8-15)26-14-16(12-24-26)22-25-19-5-1-2-6-20(19)29-22/h1-2,5-10,12,14,18H,3-4,11,13H2,(H,23,27). The molecule has 4 aromatic rings. The highest BCUT2D eigenvalue weighted by Crippen LogP contribution is 2.24. The summed E-state index contributed by atoms with van der Waals surface area (Å²) in [5.74, 6) is 0.433. The van der Waals surface area contributed by atoms with Crippen molar-refractivity contribution >= 4 is 17.0 Å². The van der Waals surface area contributed by atoms with E-state index >= 15 is 0 Å². The zero-order valence-corrected chi connectivity index (χ0v) is 15.7. The van der Waals surface area contributed by atoms with E-state index in [0.717, 1.165) is 41.8 Å². The lowest BCUT2D eigenvalue weighted by Crippen LogP contribution is -2.31. The lowest BCUT2D eigenvalue weighted by molar-refractivity contribution is 0.0858. The summed E-state index contributed by atoms with van der Waals surface area (Å²) < 4.78 is 13.1. The molecule has 2 aromatic heterocycles. The number of para-hydroxylation sites is 2. The highest BCUT2D eigenvalue weighted by Gasteiger charge is 2.17. The van der Waals surface area contributed by atoms with E-state index < -0.39 is 0 Å². The number of ether oxygens (including phenoxy) is 1. The summed E-state index contributed by atoms with van der Waals surface area (Å²) in [5.41, 5.74) is 3.81. The Morgan fingerprint density at radius 2 is 2.03 bits per heavy atom. The number of rotatable bonds is 5. The Balaban J connectivity index is 1.29. The van der Waals surface area contributed by atoms with Gasteiger partial charge in [-0.2, -0.15) is 5.10 Å². The number of carbonyl (C=O) groups excluding carboxylic acids is 1. The second-order valence-electron chi connectivity index (χ2n) is 7.05. The summed E-state index contributed by atoms with van der Waals surface area (Å²) in [6.45, 7) is 1.33. The second kappa shape index (κ2) is 7.52. The summed E-state index contributed by atoms with van der Waals surface area (Å²) in [7, 11) is 0. The molecule has 0 aliphatic carbocycles. The number of amides is 1. The molecule has 3 heterocycles. The van der Waals surface area contributed by atoms with Crippen LogP contribution in [0.5, 0.6) is 0 Å². The first-order valence-corrected chi connectivity index (χ1v) is 9.67. The lowest BCUT2D eigenvalue weighted by atomic mass is 10.2. The molecular weight excluding hydrogens is 368 g/mol. The van der Waals surface area contributed by atoms with Crippen LogP contribution in [0.3, 0.4) is 0 Å². The number of benzene rings is 2. The molecule has 1 fully saturated rings. The van der Waals surface area contributed by atoms with Crippen molar-refractivity contribution in [3.8, 4) is 17.1 Å². The zero-order valence-electron chi connectivity index (χ0n) is 15.7. The van der Waals surface area contributed by atoms with Crippen molar-refractivity contribution in [3.63, 3.8) is 0 Å². The van der Waals surface area contributed by atoms with Crippen molar-refractivity contribution in [2.24, 2.45) is 0 Å². The van der Waals surface area contributed by atoms with E-state index in [1.165, 1.54) is 0 Å². The van der Waals surface area contributed by atoms with E-state index in [1.54, 1.807) is 23.0 Å². The number of nitrogens with zero attached hydrogens (tertiary/aromatic N) is 3. The van der Waals surface area contributed by atoms with Gasteiger partial charge < -0.3 is 14.5 Å². The summed E-state index contributed by atoms with van der Waals surface area (Å²) in [5, 5.41) is 7.33. The van der Waals surface area contributed by atoms with E-state index in [0.29, 0.717) is 18.0 Å². The predicted molar refractivity (Wildman–Crippen MR) is 108 cm³/mol. The van der Waals surface area contributed by atoms with Gasteiger partial charge in [0.2, 0.25) is 5.89 Å². The fraction of sp³-hybridized carbons (Fsp3) is 0.227. The van der Waals surface area contributed by atoms with E-state index in [9.17, 15) is 4.79 Å². The van der Waals surface area contributed by atoms with Crippen LogP contribution >= 0.6 is 0 Å². The Morgan fingerprint density at radius 3 is 2.83 bits per heavy atom. The van der Waals surface area contributed by atoms with Gasteiger partial charge in [0.15, 0.2) is 5.58 Å². The SMILES string of the molecule is O=C(NCC1CCCO1)c1ccc(-n2cc(-c3nc4ccccc4o3)cn2)cc1. The van der Waals surface area contributed by atoms with Crippen LogP contribution in [0.1, 0.15) is 23.2 Å². The third-order valence-electron chi connectivity index (χ3n) is 5.03. The minimum atomic E-state index is -0.0975. The van der Waals surface area contributed by atoms with Crippen LogP contribution in [-0.4, -0.2) is 39.9 Å². The number of aromatic nitrogens is 3. The van der Waals surface area contributed by atoms with Crippen molar-refractivity contribution in [1.29, 1.82) is 0 Å². The van der Waals surface area contributed by atoms with Gasteiger partial charge in [-0.25, -0.2) is 9.67 Å². The average molecular weight is 388 g/mol. The maximum Gasteiger partial charge on any atom is 0.251 e. The molecule has 1 unspecified atom stereocenters. The van der Waals surface area contributed by atoms with Gasteiger partial charge in [0.05, 0.1) is 23.6 Å². The van der Waals surface area contributed by atoms with Crippen LogP contribution in [0.15, 0.2) is 65.3 Å². The van der Waals surface area contributed by atoms with Gasteiger partial charge in [-0.3, -0.25) is 4.79 Å². The van der Waals surface area contributed by atoms with Crippen molar-refractivity contribution < 1.29 is 13.9 Å².